The maximum atomic E-state index is 5.83. The van der Waals surface area contributed by atoms with Crippen LogP contribution in [-0.2, 0) is 0 Å². The minimum atomic E-state index is 0.272. The van der Waals surface area contributed by atoms with E-state index in [0.717, 1.165) is 26.9 Å². The first-order chi connectivity index (χ1) is 9.72. The molecule has 0 saturated carbocycles. The van der Waals surface area contributed by atoms with Crippen LogP contribution in [0.15, 0.2) is 36.5 Å². The smallest absolute Gasteiger partial charge is 0.223 e. The van der Waals surface area contributed by atoms with Gasteiger partial charge >= 0.3 is 0 Å². The third-order valence-electron chi connectivity index (χ3n) is 3.19. The lowest BCUT2D eigenvalue weighted by Crippen LogP contribution is -2.04. The predicted molar refractivity (Wildman–Crippen MR) is 81.2 cm³/mol. The molecular weight excluding hydrogens is 270 g/mol. The molecule has 3 heterocycles. The zero-order valence-electron chi connectivity index (χ0n) is 10.7. The molecule has 0 spiro atoms. The van der Waals surface area contributed by atoms with Crippen LogP contribution in [-0.4, -0.2) is 19.7 Å². The van der Waals surface area contributed by atoms with Crippen molar-refractivity contribution in [3.8, 4) is 5.82 Å². The summed E-state index contributed by atoms with van der Waals surface area (Å²) in [6.07, 6.45) is 1.83. The summed E-state index contributed by atoms with van der Waals surface area (Å²) in [7, 11) is 0. The molecule has 4 rings (SSSR count). The second kappa shape index (κ2) is 4.01. The van der Waals surface area contributed by atoms with Crippen molar-refractivity contribution in [1.29, 1.82) is 0 Å². The summed E-state index contributed by atoms with van der Waals surface area (Å²) in [4.78, 5) is 10.7. The lowest BCUT2D eigenvalue weighted by Gasteiger charge is -2.05. The van der Waals surface area contributed by atoms with E-state index in [4.69, 9.17) is 5.73 Å². The fraction of sp³-hybridized carbons (Fsp3) is 0.0714. The lowest BCUT2D eigenvalue weighted by molar-refractivity contribution is 0.882. The number of benzene rings is 1. The highest BCUT2D eigenvalue weighted by atomic mass is 32.1. The van der Waals surface area contributed by atoms with Gasteiger partial charge in [0.25, 0.3) is 0 Å². The number of aryl methyl sites for hydroxylation is 1. The minimum absolute atomic E-state index is 0.272. The van der Waals surface area contributed by atoms with Crippen LogP contribution in [0.1, 0.15) is 4.88 Å². The number of hydrogen-bond acceptors (Lipinski definition) is 5. The Morgan fingerprint density at radius 2 is 2.05 bits per heavy atom. The molecule has 0 amide bonds. The predicted octanol–water partition coefficient (Wildman–Crippen LogP) is 2.92. The molecule has 5 nitrogen and oxygen atoms in total. The quantitative estimate of drug-likeness (QED) is 0.582. The number of nitrogen functional groups attached to an aromatic ring is 1. The first-order valence-corrected chi connectivity index (χ1v) is 7.01. The molecule has 4 aromatic rings. The number of nitrogens with two attached hydrogens (primary N) is 1. The molecule has 0 bridgehead atoms. The Morgan fingerprint density at radius 1 is 1.20 bits per heavy atom. The highest BCUT2D eigenvalue weighted by molar-refractivity contribution is 7.18. The molecule has 6 heteroatoms. The van der Waals surface area contributed by atoms with Crippen LogP contribution in [0.5, 0.6) is 0 Å². The number of fused-ring (bicyclic) bond motifs is 2. The summed E-state index contributed by atoms with van der Waals surface area (Å²) in [5.41, 5.74) is 6.84. The van der Waals surface area contributed by atoms with Crippen molar-refractivity contribution in [2.24, 2.45) is 0 Å². The lowest BCUT2D eigenvalue weighted by atomic mass is 10.2. The molecule has 98 valence electrons. The first-order valence-electron chi connectivity index (χ1n) is 6.19. The van der Waals surface area contributed by atoms with E-state index in [1.54, 1.807) is 11.3 Å². The Bertz CT molecular complexity index is 937. The van der Waals surface area contributed by atoms with Gasteiger partial charge in [-0.05, 0) is 19.1 Å². The van der Waals surface area contributed by atoms with Gasteiger partial charge in [-0.15, -0.1) is 11.3 Å². The second-order valence-corrected chi connectivity index (χ2v) is 5.83. The van der Waals surface area contributed by atoms with Gasteiger partial charge in [0.05, 0.1) is 17.1 Å². The van der Waals surface area contributed by atoms with E-state index in [2.05, 4.69) is 21.1 Å². The Kier molecular flexibility index (Phi) is 2.28. The topological polar surface area (TPSA) is 69.6 Å². The third-order valence-corrected chi connectivity index (χ3v) is 4.14. The average Bonchev–Trinajstić information content (AvgIpc) is 3.00. The van der Waals surface area contributed by atoms with Crippen molar-refractivity contribution < 1.29 is 0 Å². The molecule has 0 radical (unpaired) electrons. The van der Waals surface area contributed by atoms with Crippen molar-refractivity contribution >= 4 is 38.4 Å². The molecule has 0 aliphatic carbocycles. The van der Waals surface area contributed by atoms with Gasteiger partial charge in [-0.25, -0.2) is 9.67 Å². The number of thiophene rings is 1. The van der Waals surface area contributed by atoms with E-state index in [1.165, 1.54) is 4.88 Å². The van der Waals surface area contributed by atoms with E-state index in [-0.39, 0.29) is 5.95 Å². The van der Waals surface area contributed by atoms with Crippen LogP contribution in [0.25, 0.3) is 26.9 Å². The number of rotatable bonds is 1. The van der Waals surface area contributed by atoms with Crippen LogP contribution in [0.3, 0.4) is 0 Å². The van der Waals surface area contributed by atoms with Crippen molar-refractivity contribution in [2.45, 2.75) is 6.92 Å². The maximum Gasteiger partial charge on any atom is 0.223 e. The Balaban J connectivity index is 2.11. The van der Waals surface area contributed by atoms with Crippen LogP contribution < -0.4 is 5.73 Å². The zero-order valence-corrected chi connectivity index (χ0v) is 11.6. The Morgan fingerprint density at radius 3 is 2.95 bits per heavy atom. The molecule has 3 aromatic heterocycles. The van der Waals surface area contributed by atoms with Crippen LogP contribution in [0.2, 0.25) is 0 Å². The van der Waals surface area contributed by atoms with Gasteiger partial charge in [-0.1, -0.05) is 18.2 Å². The number of aromatic nitrogens is 4. The maximum absolute atomic E-state index is 5.83. The van der Waals surface area contributed by atoms with E-state index in [0.29, 0.717) is 0 Å². The van der Waals surface area contributed by atoms with Crippen LogP contribution in [0.4, 0.5) is 5.95 Å². The SMILES string of the molecule is Cc1cc2c(-n3ncc4ccccc43)nc(N)nc2s1. The summed E-state index contributed by atoms with van der Waals surface area (Å²) in [6.45, 7) is 2.05. The van der Waals surface area contributed by atoms with Gasteiger partial charge in [0, 0.05) is 10.3 Å². The molecule has 20 heavy (non-hydrogen) atoms. The van der Waals surface area contributed by atoms with E-state index in [9.17, 15) is 0 Å². The molecule has 0 unspecified atom stereocenters. The minimum Gasteiger partial charge on any atom is -0.368 e. The summed E-state index contributed by atoms with van der Waals surface area (Å²) in [5, 5.41) is 6.50. The van der Waals surface area contributed by atoms with Gasteiger partial charge in [-0.3, -0.25) is 0 Å². The zero-order chi connectivity index (χ0) is 13.7. The monoisotopic (exact) mass is 281 g/mol. The normalized spacial score (nSPS) is 11.4. The van der Waals surface area contributed by atoms with E-state index < -0.39 is 0 Å². The highest BCUT2D eigenvalue weighted by Gasteiger charge is 2.13. The van der Waals surface area contributed by atoms with Crippen molar-refractivity contribution in [2.75, 3.05) is 5.73 Å². The number of para-hydroxylation sites is 1. The number of nitrogens with zero attached hydrogens (tertiary/aromatic N) is 4. The fourth-order valence-electron chi connectivity index (χ4n) is 2.34. The summed E-state index contributed by atoms with van der Waals surface area (Å²) < 4.78 is 1.82. The average molecular weight is 281 g/mol. The van der Waals surface area contributed by atoms with Gasteiger partial charge < -0.3 is 5.73 Å². The molecule has 0 aliphatic heterocycles. The molecular formula is C14H11N5S. The molecule has 0 aliphatic rings. The van der Waals surface area contributed by atoms with Gasteiger partial charge in [0.15, 0.2) is 5.82 Å². The summed E-state index contributed by atoms with van der Waals surface area (Å²) >= 11 is 1.61. The number of anilines is 1. The van der Waals surface area contributed by atoms with Gasteiger partial charge in [-0.2, -0.15) is 10.1 Å². The van der Waals surface area contributed by atoms with Gasteiger partial charge in [0.2, 0.25) is 5.95 Å². The molecule has 0 saturated heterocycles. The highest BCUT2D eigenvalue weighted by Crippen LogP contribution is 2.29. The van der Waals surface area contributed by atoms with Crippen molar-refractivity contribution in [1.82, 2.24) is 19.7 Å². The van der Waals surface area contributed by atoms with E-state index >= 15 is 0 Å². The molecule has 0 atom stereocenters. The standard InChI is InChI=1S/C14H11N5S/c1-8-6-10-12(17-14(15)18-13(10)20-8)19-11-5-3-2-4-9(11)7-16-19/h2-7H,1H3,(H2,15,17,18). The number of hydrogen-bond donors (Lipinski definition) is 1. The van der Waals surface area contributed by atoms with Crippen LogP contribution >= 0.6 is 11.3 Å². The molecule has 2 N–H and O–H groups in total. The van der Waals surface area contributed by atoms with Crippen molar-refractivity contribution in [3.63, 3.8) is 0 Å². The van der Waals surface area contributed by atoms with Gasteiger partial charge in [0.1, 0.15) is 4.83 Å². The van der Waals surface area contributed by atoms with Crippen LogP contribution in [0, 0.1) is 6.92 Å². The Labute approximate surface area is 118 Å². The summed E-state index contributed by atoms with van der Waals surface area (Å²) in [6, 6.07) is 10.1. The third kappa shape index (κ3) is 1.58. The van der Waals surface area contributed by atoms with Crippen molar-refractivity contribution in [3.05, 3.63) is 41.4 Å². The largest absolute Gasteiger partial charge is 0.368 e. The first kappa shape index (κ1) is 11.4. The molecule has 1 aromatic carbocycles. The Hall–Kier alpha value is -2.47. The molecule has 0 fully saturated rings. The second-order valence-electron chi connectivity index (χ2n) is 4.60. The summed E-state index contributed by atoms with van der Waals surface area (Å²) in [5.74, 6) is 1.01. The fourth-order valence-corrected chi connectivity index (χ4v) is 3.23. The van der Waals surface area contributed by atoms with E-state index in [1.807, 2.05) is 42.1 Å².